The fraction of sp³-hybridized carbons (Fsp3) is 0.929. The summed E-state index contributed by atoms with van der Waals surface area (Å²) in [5.41, 5.74) is 0.436. The summed E-state index contributed by atoms with van der Waals surface area (Å²) in [5.74, 6) is 0.825. The molecule has 1 amide bonds. The summed E-state index contributed by atoms with van der Waals surface area (Å²) in [6.45, 7) is 6.90. The van der Waals surface area contributed by atoms with Gasteiger partial charge in [0.1, 0.15) is 0 Å². The van der Waals surface area contributed by atoms with Gasteiger partial charge < -0.3 is 5.32 Å². The maximum absolute atomic E-state index is 11.8. The number of amides is 1. The van der Waals surface area contributed by atoms with Crippen molar-refractivity contribution >= 4 is 5.91 Å². The first-order valence-electron chi connectivity index (χ1n) is 6.81. The monoisotopic (exact) mass is 223 g/mol. The average molecular weight is 223 g/mol. The molecule has 1 saturated heterocycles. The number of hydrogen-bond acceptors (Lipinski definition) is 1. The molecular weight excluding hydrogens is 198 g/mol. The van der Waals surface area contributed by atoms with E-state index in [1.165, 1.54) is 32.1 Å². The zero-order valence-corrected chi connectivity index (χ0v) is 10.9. The van der Waals surface area contributed by atoms with E-state index in [9.17, 15) is 4.79 Å². The summed E-state index contributed by atoms with van der Waals surface area (Å²) in [4.78, 5) is 11.8. The quantitative estimate of drug-likeness (QED) is 0.765. The minimum Gasteiger partial charge on any atom is -0.350 e. The molecule has 0 aromatic rings. The lowest BCUT2D eigenvalue weighted by molar-refractivity contribution is -0.120. The minimum absolute atomic E-state index is 0.148. The molecule has 0 aromatic heterocycles. The van der Waals surface area contributed by atoms with Crippen LogP contribution in [0.3, 0.4) is 0 Å². The Balaban J connectivity index is 2.24. The van der Waals surface area contributed by atoms with Gasteiger partial charge in [0, 0.05) is 12.0 Å². The molecule has 0 aromatic carbocycles. The van der Waals surface area contributed by atoms with Gasteiger partial charge in [-0.3, -0.25) is 4.79 Å². The van der Waals surface area contributed by atoms with Crippen LogP contribution in [-0.4, -0.2) is 11.4 Å². The molecule has 1 heterocycles. The van der Waals surface area contributed by atoms with E-state index >= 15 is 0 Å². The molecule has 1 unspecified atom stereocenters. The molecule has 2 fully saturated rings. The van der Waals surface area contributed by atoms with Gasteiger partial charge in [-0.2, -0.15) is 0 Å². The van der Waals surface area contributed by atoms with Crippen LogP contribution < -0.4 is 5.32 Å². The zero-order valence-electron chi connectivity index (χ0n) is 10.9. The van der Waals surface area contributed by atoms with Crippen molar-refractivity contribution in [2.45, 2.75) is 71.3 Å². The smallest absolute Gasteiger partial charge is 0.220 e. The first-order chi connectivity index (χ1) is 7.50. The molecule has 2 heteroatoms. The molecule has 2 aliphatic rings. The second kappa shape index (κ2) is 4.05. The Labute approximate surface area is 99.2 Å². The van der Waals surface area contributed by atoms with Gasteiger partial charge in [0.2, 0.25) is 5.91 Å². The summed E-state index contributed by atoms with van der Waals surface area (Å²) in [6, 6.07) is 0. The van der Waals surface area contributed by atoms with Crippen molar-refractivity contribution in [3.05, 3.63) is 0 Å². The van der Waals surface area contributed by atoms with Gasteiger partial charge in [0.05, 0.1) is 0 Å². The third-order valence-electron chi connectivity index (χ3n) is 5.05. The van der Waals surface area contributed by atoms with Crippen LogP contribution in [-0.2, 0) is 4.79 Å². The third-order valence-corrected chi connectivity index (χ3v) is 5.05. The van der Waals surface area contributed by atoms with Gasteiger partial charge in [-0.1, -0.05) is 46.5 Å². The van der Waals surface area contributed by atoms with Gasteiger partial charge in [-0.25, -0.2) is 0 Å². The highest BCUT2D eigenvalue weighted by atomic mass is 16.2. The molecule has 1 aliphatic heterocycles. The molecule has 1 aliphatic carbocycles. The SMILES string of the molecule is CCC(C)(C)C1CC(=O)NC12CCCCC2. The lowest BCUT2D eigenvalue weighted by atomic mass is 9.62. The van der Waals surface area contributed by atoms with Crippen molar-refractivity contribution in [1.82, 2.24) is 5.32 Å². The van der Waals surface area contributed by atoms with Crippen molar-refractivity contribution in [1.29, 1.82) is 0 Å². The highest BCUT2D eigenvalue weighted by Crippen LogP contribution is 2.49. The summed E-state index contributed by atoms with van der Waals surface area (Å²) in [5, 5.41) is 3.32. The lowest BCUT2D eigenvalue weighted by Gasteiger charge is -2.45. The maximum atomic E-state index is 11.8. The zero-order chi connectivity index (χ0) is 11.8. The number of carbonyl (C=O) groups is 1. The fourth-order valence-electron chi connectivity index (χ4n) is 3.72. The first kappa shape index (κ1) is 11.9. The Morgan fingerprint density at radius 2 is 1.94 bits per heavy atom. The molecule has 1 N–H and O–H groups in total. The van der Waals surface area contributed by atoms with Gasteiger partial charge in [0.25, 0.3) is 0 Å². The van der Waals surface area contributed by atoms with Gasteiger partial charge >= 0.3 is 0 Å². The second-order valence-corrected chi connectivity index (χ2v) is 6.36. The van der Waals surface area contributed by atoms with E-state index in [2.05, 4.69) is 26.1 Å². The highest BCUT2D eigenvalue weighted by molar-refractivity contribution is 5.80. The van der Waals surface area contributed by atoms with Crippen LogP contribution in [0, 0.1) is 11.3 Å². The molecule has 1 spiro atoms. The first-order valence-corrected chi connectivity index (χ1v) is 6.81. The number of carbonyl (C=O) groups excluding carboxylic acids is 1. The van der Waals surface area contributed by atoms with Crippen molar-refractivity contribution in [3.8, 4) is 0 Å². The van der Waals surface area contributed by atoms with Gasteiger partial charge in [-0.15, -0.1) is 0 Å². The molecular formula is C14H25NO. The summed E-state index contributed by atoms with van der Waals surface area (Å²) < 4.78 is 0. The maximum Gasteiger partial charge on any atom is 0.220 e. The lowest BCUT2D eigenvalue weighted by Crippen LogP contribution is -2.51. The van der Waals surface area contributed by atoms with E-state index in [1.54, 1.807) is 0 Å². The Morgan fingerprint density at radius 3 is 2.50 bits per heavy atom. The van der Waals surface area contributed by atoms with Gasteiger partial charge in [0.15, 0.2) is 0 Å². The van der Waals surface area contributed by atoms with E-state index in [1.807, 2.05) is 0 Å². The van der Waals surface area contributed by atoms with E-state index < -0.39 is 0 Å². The van der Waals surface area contributed by atoms with Crippen molar-refractivity contribution < 1.29 is 4.79 Å². The van der Waals surface area contributed by atoms with Crippen molar-refractivity contribution in [2.24, 2.45) is 11.3 Å². The predicted octanol–water partition coefficient (Wildman–Crippen LogP) is 3.26. The van der Waals surface area contributed by atoms with Crippen LogP contribution in [0.2, 0.25) is 0 Å². The molecule has 2 rings (SSSR count). The molecule has 0 bridgehead atoms. The van der Waals surface area contributed by atoms with E-state index in [-0.39, 0.29) is 16.9 Å². The average Bonchev–Trinajstić information content (AvgIpc) is 2.57. The molecule has 92 valence electrons. The van der Waals surface area contributed by atoms with Crippen molar-refractivity contribution in [2.75, 3.05) is 0 Å². The van der Waals surface area contributed by atoms with Crippen LogP contribution in [0.5, 0.6) is 0 Å². The number of hydrogen-bond donors (Lipinski definition) is 1. The largest absolute Gasteiger partial charge is 0.350 e. The highest BCUT2D eigenvalue weighted by Gasteiger charge is 2.51. The Hall–Kier alpha value is -0.530. The fourth-order valence-corrected chi connectivity index (χ4v) is 3.72. The third kappa shape index (κ3) is 1.87. The van der Waals surface area contributed by atoms with Crippen LogP contribution in [0.15, 0.2) is 0 Å². The molecule has 1 atom stereocenters. The standard InChI is InChI=1S/C14H25NO/c1-4-13(2,3)11-10-12(16)15-14(11)8-6-5-7-9-14/h11H,4-10H2,1-3H3,(H,15,16). The molecule has 1 saturated carbocycles. The Bertz CT molecular complexity index is 276. The van der Waals surface area contributed by atoms with E-state index in [0.29, 0.717) is 5.92 Å². The Kier molecular flexibility index (Phi) is 3.02. The van der Waals surface area contributed by atoms with Crippen molar-refractivity contribution in [3.63, 3.8) is 0 Å². The van der Waals surface area contributed by atoms with Crippen LogP contribution >= 0.6 is 0 Å². The molecule has 2 nitrogen and oxygen atoms in total. The number of rotatable bonds is 2. The topological polar surface area (TPSA) is 29.1 Å². The van der Waals surface area contributed by atoms with Crippen LogP contribution in [0.1, 0.15) is 65.7 Å². The van der Waals surface area contributed by atoms with Crippen LogP contribution in [0.25, 0.3) is 0 Å². The summed E-state index contributed by atoms with van der Waals surface area (Å²) in [6.07, 6.45) is 8.24. The minimum atomic E-state index is 0.148. The number of nitrogens with one attached hydrogen (secondary N) is 1. The van der Waals surface area contributed by atoms with E-state index in [0.717, 1.165) is 12.8 Å². The van der Waals surface area contributed by atoms with Gasteiger partial charge in [-0.05, 0) is 24.2 Å². The predicted molar refractivity (Wildman–Crippen MR) is 66.1 cm³/mol. The van der Waals surface area contributed by atoms with E-state index in [4.69, 9.17) is 0 Å². The normalized spacial score (nSPS) is 29.4. The second-order valence-electron chi connectivity index (χ2n) is 6.36. The Morgan fingerprint density at radius 1 is 1.31 bits per heavy atom. The summed E-state index contributed by atoms with van der Waals surface area (Å²) >= 11 is 0. The molecule has 16 heavy (non-hydrogen) atoms. The summed E-state index contributed by atoms with van der Waals surface area (Å²) in [7, 11) is 0. The van der Waals surface area contributed by atoms with Crippen LogP contribution in [0.4, 0.5) is 0 Å². The molecule has 0 radical (unpaired) electrons.